The van der Waals surface area contributed by atoms with Gasteiger partial charge >= 0.3 is 12.2 Å². The Morgan fingerprint density at radius 1 is 0.846 bits per heavy atom. The van der Waals surface area contributed by atoms with E-state index in [-0.39, 0.29) is 24.0 Å². The molecule has 1 aromatic heterocycles. The van der Waals surface area contributed by atoms with Gasteiger partial charge in [0.15, 0.2) is 0 Å². The maximum atomic E-state index is 15.9. The molecule has 1 aliphatic heterocycles. The van der Waals surface area contributed by atoms with Crippen molar-refractivity contribution in [3.63, 3.8) is 0 Å². The first-order valence-electron chi connectivity index (χ1n) is 16.1. The molecule has 0 N–H and O–H groups in total. The number of hydrogen-bond acceptors (Lipinski definition) is 7. The van der Waals surface area contributed by atoms with Crippen LogP contribution in [0.2, 0.25) is 0 Å². The minimum atomic E-state index is -4.84. The van der Waals surface area contributed by atoms with Crippen LogP contribution in [-0.4, -0.2) is 42.5 Å². The fourth-order valence-electron chi connectivity index (χ4n) is 6.10. The molecule has 0 aliphatic carbocycles. The molecule has 0 saturated carbocycles. The quantitative estimate of drug-likeness (QED) is 0.0961. The van der Waals surface area contributed by atoms with Gasteiger partial charge in [0.05, 0.1) is 25.3 Å². The van der Waals surface area contributed by atoms with Crippen LogP contribution in [0, 0.1) is 29.0 Å². The molecule has 1 aliphatic rings. The highest BCUT2D eigenvalue weighted by molar-refractivity contribution is 5.94. The van der Waals surface area contributed by atoms with E-state index in [1.807, 2.05) is 36.4 Å². The monoisotopic (exact) mass is 706 g/mol. The number of alkyl halides is 3. The van der Waals surface area contributed by atoms with Crippen molar-refractivity contribution in [2.24, 2.45) is 4.99 Å². The summed E-state index contributed by atoms with van der Waals surface area (Å²) >= 11 is 0. The number of quaternary nitrogens is 1. The Balaban J connectivity index is 1.59. The average Bonchev–Trinajstić information content (AvgIpc) is 3.16. The summed E-state index contributed by atoms with van der Waals surface area (Å²) in [4.78, 5) is 12.8. The van der Waals surface area contributed by atoms with E-state index in [4.69, 9.17) is 24.5 Å². The van der Waals surface area contributed by atoms with Crippen LogP contribution in [0.15, 0.2) is 114 Å². The third kappa shape index (κ3) is 7.29. The van der Waals surface area contributed by atoms with Gasteiger partial charge in [0.2, 0.25) is 11.9 Å². The third-order valence-corrected chi connectivity index (χ3v) is 8.80. The molecule has 12 heteroatoms. The molecule has 5 aromatic rings. The van der Waals surface area contributed by atoms with Gasteiger partial charge in [0.1, 0.15) is 41.3 Å². The van der Waals surface area contributed by atoms with Gasteiger partial charge in [-0.2, -0.15) is 27.9 Å². The largest absolute Gasteiger partial charge is 0.497 e. The van der Waals surface area contributed by atoms with Crippen molar-refractivity contribution in [3.8, 4) is 29.4 Å². The van der Waals surface area contributed by atoms with Crippen LogP contribution in [0.4, 0.5) is 28.9 Å². The smallest absolute Gasteiger partial charge is 0.425 e. The van der Waals surface area contributed by atoms with Gasteiger partial charge in [-0.3, -0.25) is 0 Å². The van der Waals surface area contributed by atoms with E-state index in [9.17, 15) is 13.2 Å². The summed E-state index contributed by atoms with van der Waals surface area (Å²) in [6.45, 7) is 1.55. The summed E-state index contributed by atoms with van der Waals surface area (Å²) in [5.74, 6) is 6.05. The SMILES string of the molecule is COc1ccc([N+](Cc2ccccc2)(C2=N[C@](C)(c3cc(C#Cc4cnc(C#N)nc4)ccc3F)C[C@@H](C(F)(F)F)O2)c2ccc(OC)cc2)cc1. The first kappa shape index (κ1) is 35.6. The fraction of sp³-hybridized carbons (Fsp3) is 0.200. The van der Waals surface area contributed by atoms with E-state index in [2.05, 4.69) is 21.8 Å². The van der Waals surface area contributed by atoms with Gasteiger partial charge in [-0.1, -0.05) is 42.2 Å². The van der Waals surface area contributed by atoms with Crippen molar-refractivity contribution in [2.45, 2.75) is 37.7 Å². The van der Waals surface area contributed by atoms with Crippen molar-refractivity contribution in [1.29, 1.82) is 5.26 Å². The van der Waals surface area contributed by atoms with Crippen molar-refractivity contribution in [1.82, 2.24) is 14.5 Å². The highest BCUT2D eigenvalue weighted by atomic mass is 19.4. The molecule has 0 bridgehead atoms. The van der Waals surface area contributed by atoms with E-state index in [1.54, 1.807) is 48.5 Å². The predicted octanol–water partition coefficient (Wildman–Crippen LogP) is 8.37. The summed E-state index contributed by atoms with van der Waals surface area (Å²) in [7, 11) is 3.03. The number of methoxy groups -OCH3 is 2. The molecule has 0 amide bonds. The Morgan fingerprint density at radius 3 is 1.96 bits per heavy atom. The number of ether oxygens (including phenoxy) is 3. The zero-order chi connectivity index (χ0) is 36.9. The third-order valence-electron chi connectivity index (χ3n) is 8.80. The summed E-state index contributed by atoms with van der Waals surface area (Å²) in [5, 5.41) is 8.98. The molecule has 0 fully saturated rings. The fourth-order valence-corrected chi connectivity index (χ4v) is 6.10. The maximum absolute atomic E-state index is 15.9. The topological polar surface area (TPSA) is 89.6 Å². The first-order chi connectivity index (χ1) is 25.0. The highest BCUT2D eigenvalue weighted by Gasteiger charge is 2.56. The molecule has 0 spiro atoms. The lowest BCUT2D eigenvalue weighted by Crippen LogP contribution is -2.56. The Hall–Kier alpha value is -6.24. The normalized spacial score (nSPS) is 17.1. The molecular weight excluding hydrogens is 674 g/mol. The molecule has 262 valence electrons. The summed E-state index contributed by atoms with van der Waals surface area (Å²) < 4.78 is 77.2. The van der Waals surface area contributed by atoms with Crippen LogP contribution in [0.3, 0.4) is 0 Å². The number of nitrogens with zero attached hydrogens (tertiary/aromatic N) is 5. The minimum absolute atomic E-state index is 0.0269. The van der Waals surface area contributed by atoms with Crippen molar-refractivity contribution in [2.75, 3.05) is 14.2 Å². The number of nitriles is 1. The van der Waals surface area contributed by atoms with Gasteiger partial charge < -0.3 is 14.2 Å². The summed E-state index contributed by atoms with van der Waals surface area (Å²) in [6, 6.07) is 28.6. The van der Waals surface area contributed by atoms with Gasteiger partial charge in [0.25, 0.3) is 0 Å². The Morgan fingerprint density at radius 2 is 1.42 bits per heavy atom. The molecule has 0 saturated heterocycles. The minimum Gasteiger partial charge on any atom is -0.497 e. The van der Waals surface area contributed by atoms with E-state index in [1.165, 1.54) is 45.7 Å². The molecule has 2 atom stereocenters. The second kappa shape index (κ2) is 14.5. The lowest BCUT2D eigenvalue weighted by Gasteiger charge is -2.43. The maximum Gasteiger partial charge on any atom is 0.425 e. The van der Waals surface area contributed by atoms with Gasteiger partial charge in [0, 0.05) is 59.8 Å². The first-order valence-corrected chi connectivity index (χ1v) is 16.1. The van der Waals surface area contributed by atoms with Crippen molar-refractivity contribution in [3.05, 3.63) is 143 Å². The van der Waals surface area contributed by atoms with E-state index in [0.29, 0.717) is 34.0 Å². The standard InChI is InChI=1S/C40H32F4N5O3/c1-39(34-21-27(11-20-35(34)41)9-10-29-24-46-37(23-45)47-25-29)22-36(40(42,43)44)52-38(48-39)49(26-28-7-5-4-6-8-28,30-12-16-32(50-2)17-13-30)31-14-18-33(51-3)19-15-31/h4-8,11-21,24-25,36H,22,26H2,1-3H3/q+1/t36-,39-/m0/s1. The van der Waals surface area contributed by atoms with Crippen molar-refractivity contribution >= 4 is 17.4 Å². The molecule has 2 heterocycles. The second-order valence-corrected chi connectivity index (χ2v) is 12.2. The predicted molar refractivity (Wildman–Crippen MR) is 187 cm³/mol. The second-order valence-electron chi connectivity index (χ2n) is 12.2. The molecular formula is C40H32F4N5O3+. The molecule has 0 radical (unpaired) electrons. The zero-order valence-corrected chi connectivity index (χ0v) is 28.4. The van der Waals surface area contributed by atoms with Crippen LogP contribution in [0.5, 0.6) is 11.5 Å². The zero-order valence-electron chi connectivity index (χ0n) is 28.4. The number of benzene rings is 4. The number of halogens is 4. The molecule has 52 heavy (non-hydrogen) atoms. The van der Waals surface area contributed by atoms with Crippen LogP contribution in [0.1, 0.15) is 41.4 Å². The number of rotatable bonds is 7. The number of aromatic nitrogens is 2. The summed E-state index contributed by atoms with van der Waals surface area (Å²) in [6.07, 6.45) is -5.15. The Labute approximate surface area is 298 Å². The highest BCUT2D eigenvalue weighted by Crippen LogP contribution is 2.47. The average molecular weight is 707 g/mol. The Bertz CT molecular complexity index is 2130. The van der Waals surface area contributed by atoms with Crippen molar-refractivity contribution < 1.29 is 31.8 Å². The van der Waals surface area contributed by atoms with Gasteiger partial charge in [-0.05, 0) is 49.4 Å². The molecule has 4 aromatic carbocycles. The molecule has 6 rings (SSSR count). The van der Waals surface area contributed by atoms with Gasteiger partial charge in [-0.25, -0.2) is 14.4 Å². The van der Waals surface area contributed by atoms with Crippen LogP contribution in [-0.2, 0) is 16.8 Å². The van der Waals surface area contributed by atoms with E-state index >= 15 is 4.39 Å². The molecule has 8 nitrogen and oxygen atoms in total. The van der Waals surface area contributed by atoms with E-state index < -0.39 is 34.5 Å². The summed E-state index contributed by atoms with van der Waals surface area (Å²) in [5.41, 5.74) is 0.656. The van der Waals surface area contributed by atoms with Crippen LogP contribution < -0.4 is 14.0 Å². The lowest BCUT2D eigenvalue weighted by atomic mass is 9.84. The lowest BCUT2D eigenvalue weighted by molar-refractivity contribution is -0.210. The van der Waals surface area contributed by atoms with Gasteiger partial charge in [-0.15, -0.1) is 0 Å². The van der Waals surface area contributed by atoms with Crippen LogP contribution >= 0.6 is 0 Å². The number of aliphatic imine (C=N–C) groups is 1. The number of hydrogen-bond donors (Lipinski definition) is 0. The van der Waals surface area contributed by atoms with E-state index in [0.717, 1.165) is 11.6 Å². The molecule has 0 unspecified atom stereocenters. The van der Waals surface area contributed by atoms with Crippen LogP contribution in [0.25, 0.3) is 0 Å². The number of amidine groups is 1. The Kier molecular flexibility index (Phi) is 9.95.